The van der Waals surface area contributed by atoms with Crippen molar-refractivity contribution in [2.45, 2.75) is 20.8 Å². The van der Waals surface area contributed by atoms with E-state index >= 15 is 0 Å². The van der Waals surface area contributed by atoms with E-state index in [1.165, 1.54) is 6.08 Å². The van der Waals surface area contributed by atoms with Crippen LogP contribution in [0.5, 0.6) is 0 Å². The monoisotopic (exact) mass is 350 g/mol. The Labute approximate surface area is 130 Å². The molecule has 3 nitrogen and oxygen atoms in total. The fraction of sp³-hybridized carbons (Fsp3) is 0.200. The Kier molecular flexibility index (Phi) is 4.73. The first-order chi connectivity index (χ1) is 9.45. The third-order valence-corrected chi connectivity index (χ3v) is 4.36. The smallest absolute Gasteiger partial charge is 0.248 e. The summed E-state index contributed by atoms with van der Waals surface area (Å²) in [5, 5.41) is 2.89. The Morgan fingerprint density at radius 3 is 2.70 bits per heavy atom. The van der Waals surface area contributed by atoms with Crippen LogP contribution in [0.1, 0.15) is 21.8 Å². The number of hydrogen-bond acceptors (Lipinski definition) is 3. The number of pyridine rings is 1. The first-order valence-electron chi connectivity index (χ1n) is 6.15. The van der Waals surface area contributed by atoms with Crippen LogP contribution in [-0.2, 0) is 4.79 Å². The van der Waals surface area contributed by atoms with Crippen molar-refractivity contribution < 1.29 is 4.79 Å². The highest BCUT2D eigenvalue weighted by Crippen LogP contribution is 2.23. The van der Waals surface area contributed by atoms with E-state index in [0.717, 1.165) is 31.3 Å². The molecule has 2 aromatic rings. The van der Waals surface area contributed by atoms with E-state index in [4.69, 9.17) is 0 Å². The number of thiophene rings is 1. The fourth-order valence-electron chi connectivity index (χ4n) is 1.95. The van der Waals surface area contributed by atoms with Crippen molar-refractivity contribution in [3.8, 4) is 0 Å². The molecule has 1 amide bonds. The van der Waals surface area contributed by atoms with Crippen LogP contribution >= 0.6 is 27.3 Å². The van der Waals surface area contributed by atoms with Crippen molar-refractivity contribution in [3.63, 3.8) is 0 Å². The summed E-state index contributed by atoms with van der Waals surface area (Å²) in [4.78, 5) is 17.3. The van der Waals surface area contributed by atoms with Crippen molar-refractivity contribution in [2.75, 3.05) is 5.32 Å². The number of aromatic nitrogens is 1. The third-order valence-electron chi connectivity index (χ3n) is 2.77. The van der Waals surface area contributed by atoms with Crippen LogP contribution in [0.2, 0.25) is 0 Å². The van der Waals surface area contributed by atoms with Gasteiger partial charge < -0.3 is 5.32 Å². The van der Waals surface area contributed by atoms with Gasteiger partial charge in [-0.15, -0.1) is 11.3 Å². The van der Waals surface area contributed by atoms with Gasteiger partial charge in [-0.25, -0.2) is 0 Å². The van der Waals surface area contributed by atoms with Gasteiger partial charge in [0.15, 0.2) is 0 Å². The van der Waals surface area contributed by atoms with Gasteiger partial charge >= 0.3 is 0 Å². The predicted molar refractivity (Wildman–Crippen MR) is 88.1 cm³/mol. The molecule has 104 valence electrons. The number of hydrogen-bond donors (Lipinski definition) is 1. The maximum atomic E-state index is 11.9. The molecule has 5 heteroatoms. The van der Waals surface area contributed by atoms with Gasteiger partial charge in [-0.3, -0.25) is 9.78 Å². The molecule has 0 radical (unpaired) electrons. The molecule has 0 aliphatic rings. The van der Waals surface area contributed by atoms with E-state index in [1.807, 2.05) is 39.0 Å². The van der Waals surface area contributed by atoms with Crippen LogP contribution in [0.25, 0.3) is 6.08 Å². The average molecular weight is 351 g/mol. The number of carbonyl (C=O) groups is 1. The van der Waals surface area contributed by atoms with Crippen molar-refractivity contribution in [2.24, 2.45) is 0 Å². The first-order valence-corrected chi connectivity index (χ1v) is 7.76. The zero-order chi connectivity index (χ0) is 14.7. The van der Waals surface area contributed by atoms with Gasteiger partial charge in [0.05, 0.1) is 15.2 Å². The standard InChI is InChI=1S/C15H15BrN2OS/c1-9-8-10(2)17-11(3)15(9)18-14(19)7-5-12-4-6-13(16)20-12/h4-8H,1-3H3,(H,18,19)/b7-5+. The van der Waals surface area contributed by atoms with Gasteiger partial charge in [0.1, 0.15) is 0 Å². The summed E-state index contributed by atoms with van der Waals surface area (Å²) < 4.78 is 1.05. The zero-order valence-electron chi connectivity index (χ0n) is 11.5. The van der Waals surface area contributed by atoms with Crippen molar-refractivity contribution in [1.29, 1.82) is 0 Å². The molecule has 0 saturated heterocycles. The highest BCUT2D eigenvalue weighted by Gasteiger charge is 2.07. The maximum absolute atomic E-state index is 11.9. The minimum atomic E-state index is -0.147. The van der Waals surface area contributed by atoms with Crippen LogP contribution in [0.4, 0.5) is 5.69 Å². The molecule has 0 fully saturated rings. The van der Waals surface area contributed by atoms with Gasteiger partial charge in [-0.2, -0.15) is 0 Å². The van der Waals surface area contributed by atoms with Crippen LogP contribution in [0.3, 0.4) is 0 Å². The fourth-order valence-corrected chi connectivity index (χ4v) is 3.28. The maximum Gasteiger partial charge on any atom is 0.248 e. The van der Waals surface area contributed by atoms with Crippen molar-refractivity contribution in [3.05, 3.63) is 49.9 Å². The van der Waals surface area contributed by atoms with Crippen molar-refractivity contribution >= 4 is 44.9 Å². The molecule has 0 aliphatic heterocycles. The Hall–Kier alpha value is -1.46. The molecule has 1 N–H and O–H groups in total. The summed E-state index contributed by atoms with van der Waals surface area (Å²) in [6, 6.07) is 5.88. The molecule has 0 spiro atoms. The van der Waals surface area contributed by atoms with Crippen LogP contribution in [0.15, 0.2) is 28.1 Å². The number of amides is 1. The summed E-state index contributed by atoms with van der Waals surface area (Å²) in [5.74, 6) is -0.147. The summed E-state index contributed by atoms with van der Waals surface area (Å²) in [6.45, 7) is 5.81. The molecule has 2 rings (SSSR count). The number of nitrogens with one attached hydrogen (secondary N) is 1. The molecule has 2 heterocycles. The van der Waals surface area contributed by atoms with Gasteiger partial charge in [-0.05, 0) is 66.5 Å². The van der Waals surface area contributed by atoms with Gasteiger partial charge in [0.2, 0.25) is 5.91 Å². The number of rotatable bonds is 3. The first kappa shape index (κ1) is 14.9. The lowest BCUT2D eigenvalue weighted by Gasteiger charge is -2.10. The van der Waals surface area contributed by atoms with Gasteiger partial charge in [0, 0.05) is 16.6 Å². The number of anilines is 1. The lowest BCUT2D eigenvalue weighted by atomic mass is 10.1. The second-order valence-electron chi connectivity index (χ2n) is 4.51. The molecule has 0 unspecified atom stereocenters. The van der Waals surface area contributed by atoms with E-state index in [1.54, 1.807) is 17.4 Å². The Morgan fingerprint density at radius 2 is 2.10 bits per heavy atom. The molecular formula is C15H15BrN2OS. The van der Waals surface area contributed by atoms with E-state index in [-0.39, 0.29) is 5.91 Å². The summed E-state index contributed by atoms with van der Waals surface area (Å²) in [6.07, 6.45) is 3.34. The Bertz CT molecular complexity index is 653. The van der Waals surface area contributed by atoms with Crippen molar-refractivity contribution in [1.82, 2.24) is 4.98 Å². The minimum absolute atomic E-state index is 0.147. The Morgan fingerprint density at radius 1 is 1.35 bits per heavy atom. The van der Waals surface area contributed by atoms with Gasteiger partial charge in [0.25, 0.3) is 0 Å². The molecule has 0 aromatic carbocycles. The number of halogens is 1. The normalized spacial score (nSPS) is 11.0. The summed E-state index contributed by atoms with van der Waals surface area (Å²) in [5.41, 5.74) is 3.60. The summed E-state index contributed by atoms with van der Waals surface area (Å²) >= 11 is 4.98. The molecule has 20 heavy (non-hydrogen) atoms. The lowest BCUT2D eigenvalue weighted by molar-refractivity contribution is -0.111. The average Bonchev–Trinajstić information content (AvgIpc) is 2.77. The van der Waals surface area contributed by atoms with Gasteiger partial charge in [-0.1, -0.05) is 0 Å². The topological polar surface area (TPSA) is 42.0 Å². The number of aryl methyl sites for hydroxylation is 3. The number of carbonyl (C=O) groups excluding carboxylic acids is 1. The SMILES string of the molecule is Cc1cc(C)c(NC(=O)/C=C/c2ccc(Br)s2)c(C)n1. The molecule has 0 atom stereocenters. The zero-order valence-corrected chi connectivity index (χ0v) is 13.9. The molecule has 0 aliphatic carbocycles. The summed E-state index contributed by atoms with van der Waals surface area (Å²) in [7, 11) is 0. The molecular weight excluding hydrogens is 336 g/mol. The van der Waals surface area contributed by atoms with Crippen LogP contribution in [-0.4, -0.2) is 10.9 Å². The second kappa shape index (κ2) is 6.33. The van der Waals surface area contributed by atoms with E-state index in [0.29, 0.717) is 0 Å². The van der Waals surface area contributed by atoms with E-state index in [9.17, 15) is 4.79 Å². The lowest BCUT2D eigenvalue weighted by Crippen LogP contribution is -2.11. The molecule has 0 bridgehead atoms. The quantitative estimate of drug-likeness (QED) is 0.829. The second-order valence-corrected chi connectivity index (χ2v) is 7.00. The highest BCUT2D eigenvalue weighted by molar-refractivity contribution is 9.11. The minimum Gasteiger partial charge on any atom is -0.321 e. The number of nitrogens with zero attached hydrogens (tertiary/aromatic N) is 1. The largest absolute Gasteiger partial charge is 0.321 e. The Balaban J connectivity index is 2.10. The molecule has 0 saturated carbocycles. The molecule has 2 aromatic heterocycles. The van der Waals surface area contributed by atoms with E-state index < -0.39 is 0 Å². The van der Waals surface area contributed by atoms with Crippen LogP contribution < -0.4 is 5.32 Å². The van der Waals surface area contributed by atoms with E-state index in [2.05, 4.69) is 26.2 Å². The van der Waals surface area contributed by atoms with Crippen LogP contribution in [0, 0.1) is 20.8 Å². The predicted octanol–water partition coefficient (Wildman–Crippen LogP) is 4.48. The highest BCUT2D eigenvalue weighted by atomic mass is 79.9. The third kappa shape index (κ3) is 3.77.